The fourth-order valence-corrected chi connectivity index (χ4v) is 2.21. The number of aryl methyl sites for hydroxylation is 1. The Kier molecular flexibility index (Phi) is 6.90. The molecule has 0 aromatic heterocycles. The molecule has 1 N–H and O–H groups in total. The topological polar surface area (TPSA) is 63.2 Å². The Morgan fingerprint density at radius 1 is 1.25 bits per heavy atom. The van der Waals surface area contributed by atoms with E-state index in [1.54, 1.807) is 0 Å². The zero-order chi connectivity index (χ0) is 11.3. The maximum absolute atomic E-state index is 11.3. The first kappa shape index (κ1) is 15.6. The van der Waals surface area contributed by atoms with Crippen LogP contribution in [0.25, 0.3) is 0 Å². The predicted molar refractivity (Wildman–Crippen MR) is 64.9 cm³/mol. The Bertz CT molecular complexity index is 431. The van der Waals surface area contributed by atoms with Gasteiger partial charge in [-0.25, -0.2) is 8.42 Å². The number of rotatable bonds is 4. The third-order valence-electron chi connectivity index (χ3n) is 1.80. The van der Waals surface area contributed by atoms with Gasteiger partial charge in [-0.05, 0) is 12.0 Å². The average Bonchev–Trinajstić information content (AvgIpc) is 2.15. The summed E-state index contributed by atoms with van der Waals surface area (Å²) >= 11 is 0. The summed E-state index contributed by atoms with van der Waals surface area (Å²) in [6, 6.07) is 9.26. The van der Waals surface area contributed by atoms with Crippen LogP contribution in [-0.4, -0.2) is 49.6 Å². The first-order chi connectivity index (χ1) is 6.99. The van der Waals surface area contributed by atoms with Crippen molar-refractivity contribution < 1.29 is 13.2 Å². The summed E-state index contributed by atoms with van der Waals surface area (Å²) < 4.78 is 24.5. The van der Waals surface area contributed by atoms with Crippen molar-refractivity contribution in [2.24, 2.45) is 0 Å². The molecular formula is C10H14NNaO3S. The fraction of sp³-hybridized carbons (Fsp3) is 0.300. The Labute approximate surface area is 118 Å². The maximum atomic E-state index is 11.3. The Hall–Kier alpha value is -0.360. The summed E-state index contributed by atoms with van der Waals surface area (Å²) in [6.45, 7) is 1.18. The quantitative estimate of drug-likeness (QED) is 0.769. The molecule has 84 valence electrons. The number of carbonyl (C=O) groups excluding carboxylic acids is 1. The van der Waals surface area contributed by atoms with Crippen molar-refractivity contribution in [1.82, 2.24) is 4.72 Å². The standard InChI is InChI=1S/C10H13NO3S.Na.H/c1-9(12)11-15(13,14)8-7-10-5-3-2-4-6-10;;/h2-6H,7-8H2,1H3,(H,11,12);;. The number of hydrogen-bond acceptors (Lipinski definition) is 3. The van der Waals surface area contributed by atoms with Crippen LogP contribution in [-0.2, 0) is 21.2 Å². The molecule has 6 heteroatoms. The molecule has 0 saturated heterocycles. The van der Waals surface area contributed by atoms with Gasteiger partial charge in [0.15, 0.2) is 0 Å². The molecule has 0 heterocycles. The van der Waals surface area contributed by atoms with E-state index < -0.39 is 15.9 Å². The van der Waals surface area contributed by atoms with Gasteiger partial charge in [-0.3, -0.25) is 9.52 Å². The van der Waals surface area contributed by atoms with E-state index in [-0.39, 0.29) is 35.3 Å². The zero-order valence-electron chi connectivity index (χ0n) is 8.43. The molecule has 1 amide bonds. The molecule has 16 heavy (non-hydrogen) atoms. The molecule has 0 aliphatic rings. The number of sulfonamides is 1. The molecule has 0 aliphatic heterocycles. The molecular weight excluding hydrogens is 237 g/mol. The molecule has 0 bridgehead atoms. The Morgan fingerprint density at radius 2 is 1.81 bits per heavy atom. The van der Waals surface area contributed by atoms with E-state index in [1.807, 2.05) is 35.1 Å². The van der Waals surface area contributed by atoms with Gasteiger partial charge in [-0.2, -0.15) is 0 Å². The van der Waals surface area contributed by atoms with E-state index in [4.69, 9.17) is 0 Å². The van der Waals surface area contributed by atoms with Gasteiger partial charge in [-0.1, -0.05) is 30.3 Å². The molecule has 1 aromatic carbocycles. The van der Waals surface area contributed by atoms with E-state index >= 15 is 0 Å². The number of benzene rings is 1. The van der Waals surface area contributed by atoms with Crippen LogP contribution in [0.15, 0.2) is 30.3 Å². The summed E-state index contributed by atoms with van der Waals surface area (Å²) in [5, 5.41) is 0. The molecule has 0 radical (unpaired) electrons. The number of carbonyl (C=O) groups is 1. The number of hydrogen-bond donors (Lipinski definition) is 1. The van der Waals surface area contributed by atoms with Crippen molar-refractivity contribution in [3.05, 3.63) is 35.9 Å². The second-order valence-corrected chi connectivity index (χ2v) is 5.05. The minimum absolute atomic E-state index is 0. The molecule has 0 unspecified atom stereocenters. The minimum atomic E-state index is -3.48. The normalized spacial score (nSPS) is 10.3. The molecule has 1 rings (SSSR count). The van der Waals surface area contributed by atoms with Crippen molar-refractivity contribution in [2.45, 2.75) is 13.3 Å². The molecule has 4 nitrogen and oxygen atoms in total. The van der Waals surface area contributed by atoms with Crippen LogP contribution >= 0.6 is 0 Å². The van der Waals surface area contributed by atoms with Gasteiger partial charge in [0, 0.05) is 6.92 Å². The van der Waals surface area contributed by atoms with Crippen molar-refractivity contribution in [2.75, 3.05) is 5.75 Å². The molecule has 0 atom stereocenters. The first-order valence-corrected chi connectivity index (χ1v) is 6.20. The van der Waals surface area contributed by atoms with Crippen molar-refractivity contribution in [3.63, 3.8) is 0 Å². The van der Waals surface area contributed by atoms with Gasteiger partial charge in [0.25, 0.3) is 0 Å². The summed E-state index contributed by atoms with van der Waals surface area (Å²) in [5.74, 6) is -0.626. The first-order valence-electron chi connectivity index (χ1n) is 4.54. The van der Waals surface area contributed by atoms with Gasteiger partial charge in [0.1, 0.15) is 0 Å². The van der Waals surface area contributed by atoms with Gasteiger partial charge >= 0.3 is 29.6 Å². The van der Waals surface area contributed by atoms with Crippen LogP contribution in [0.2, 0.25) is 0 Å². The van der Waals surface area contributed by atoms with E-state index in [0.717, 1.165) is 5.56 Å². The van der Waals surface area contributed by atoms with Crippen LogP contribution in [0.1, 0.15) is 12.5 Å². The van der Waals surface area contributed by atoms with E-state index in [1.165, 1.54) is 6.92 Å². The van der Waals surface area contributed by atoms with Crippen LogP contribution in [0, 0.1) is 0 Å². The van der Waals surface area contributed by atoms with E-state index in [9.17, 15) is 13.2 Å². The molecule has 0 fully saturated rings. The van der Waals surface area contributed by atoms with Crippen LogP contribution < -0.4 is 4.72 Å². The van der Waals surface area contributed by atoms with Gasteiger partial charge in [-0.15, -0.1) is 0 Å². The molecule has 0 aliphatic carbocycles. The third kappa shape index (κ3) is 6.27. The zero-order valence-corrected chi connectivity index (χ0v) is 9.25. The van der Waals surface area contributed by atoms with E-state index in [2.05, 4.69) is 0 Å². The third-order valence-corrected chi connectivity index (χ3v) is 3.14. The second kappa shape index (κ2) is 7.06. The molecule has 1 aromatic rings. The van der Waals surface area contributed by atoms with Gasteiger partial charge in [0.2, 0.25) is 15.9 Å². The van der Waals surface area contributed by atoms with Gasteiger partial charge in [0.05, 0.1) is 5.75 Å². The Balaban J connectivity index is 0.00000225. The summed E-state index contributed by atoms with van der Waals surface area (Å²) in [6.07, 6.45) is 0.406. The van der Waals surface area contributed by atoms with Crippen LogP contribution in [0.4, 0.5) is 0 Å². The van der Waals surface area contributed by atoms with Crippen molar-refractivity contribution in [1.29, 1.82) is 0 Å². The average molecular weight is 251 g/mol. The number of nitrogens with one attached hydrogen (secondary N) is 1. The predicted octanol–water partition coefficient (Wildman–Crippen LogP) is 0.0465. The molecule has 0 spiro atoms. The summed E-state index contributed by atoms with van der Waals surface area (Å²) in [7, 11) is -3.48. The molecule has 0 saturated carbocycles. The SMILES string of the molecule is CC(=O)NS(=O)(=O)CCc1ccccc1.[NaH]. The number of amides is 1. The monoisotopic (exact) mass is 251 g/mol. The van der Waals surface area contributed by atoms with Gasteiger partial charge < -0.3 is 0 Å². The Morgan fingerprint density at radius 3 is 2.31 bits per heavy atom. The van der Waals surface area contributed by atoms with Crippen molar-refractivity contribution in [3.8, 4) is 0 Å². The van der Waals surface area contributed by atoms with Crippen LogP contribution in [0.3, 0.4) is 0 Å². The summed E-state index contributed by atoms with van der Waals surface area (Å²) in [4.78, 5) is 10.6. The second-order valence-electron chi connectivity index (χ2n) is 3.21. The van der Waals surface area contributed by atoms with E-state index in [0.29, 0.717) is 6.42 Å². The van der Waals surface area contributed by atoms with Crippen LogP contribution in [0.5, 0.6) is 0 Å². The fourth-order valence-electron chi connectivity index (χ4n) is 1.17. The summed E-state index contributed by atoms with van der Waals surface area (Å²) in [5.41, 5.74) is 0.937. The van der Waals surface area contributed by atoms with Crippen molar-refractivity contribution >= 4 is 45.5 Å².